The molecular weight excluding hydrogens is 508 g/mol. The number of hydrogen-bond acceptors (Lipinski definition) is 8. The minimum atomic E-state index is -0.598. The van der Waals surface area contributed by atoms with E-state index >= 15 is 0 Å². The van der Waals surface area contributed by atoms with Crippen LogP contribution in [0, 0.1) is 18.3 Å². The summed E-state index contributed by atoms with van der Waals surface area (Å²) in [6, 6.07) is 17.7. The molecule has 9 heteroatoms. The van der Waals surface area contributed by atoms with Gasteiger partial charge in [0, 0.05) is 16.7 Å². The van der Waals surface area contributed by atoms with E-state index in [1.54, 1.807) is 36.4 Å². The molecule has 196 valence electrons. The van der Waals surface area contributed by atoms with Gasteiger partial charge >= 0.3 is 5.97 Å². The number of allylic oxidation sites excluding steroid dienone is 1. The van der Waals surface area contributed by atoms with E-state index in [1.165, 1.54) is 0 Å². The summed E-state index contributed by atoms with van der Waals surface area (Å²) in [6.07, 6.45) is 0. The van der Waals surface area contributed by atoms with Crippen molar-refractivity contribution in [3.05, 3.63) is 87.8 Å². The van der Waals surface area contributed by atoms with Crippen molar-refractivity contribution >= 4 is 17.6 Å². The third-order valence-corrected chi connectivity index (χ3v) is 6.23. The van der Waals surface area contributed by atoms with Crippen LogP contribution >= 0.6 is 11.6 Å². The molecule has 0 fully saturated rings. The van der Waals surface area contributed by atoms with Crippen molar-refractivity contribution in [2.24, 2.45) is 5.73 Å². The Morgan fingerprint density at radius 2 is 1.74 bits per heavy atom. The Kier molecular flexibility index (Phi) is 8.29. The predicted octanol–water partition coefficient (Wildman–Crippen LogP) is 5.65. The number of ether oxygens (including phenoxy) is 5. The van der Waals surface area contributed by atoms with Crippen LogP contribution in [-0.2, 0) is 4.79 Å². The molecule has 0 bridgehead atoms. The lowest BCUT2D eigenvalue weighted by Crippen LogP contribution is -2.22. The van der Waals surface area contributed by atoms with Crippen LogP contribution < -0.4 is 29.4 Å². The molecular formula is C29H27ClN2O6. The van der Waals surface area contributed by atoms with E-state index in [2.05, 4.69) is 6.07 Å². The van der Waals surface area contributed by atoms with Gasteiger partial charge in [0.25, 0.3) is 0 Å². The minimum Gasteiger partial charge on any atom is -0.490 e. The van der Waals surface area contributed by atoms with E-state index < -0.39 is 11.9 Å². The lowest BCUT2D eigenvalue weighted by atomic mass is 9.83. The highest BCUT2D eigenvalue weighted by atomic mass is 35.5. The molecule has 1 heterocycles. The van der Waals surface area contributed by atoms with Gasteiger partial charge in [-0.2, -0.15) is 5.26 Å². The third-order valence-electron chi connectivity index (χ3n) is 5.81. The first-order valence-corrected chi connectivity index (χ1v) is 12.4. The van der Waals surface area contributed by atoms with E-state index in [4.69, 9.17) is 41.0 Å². The van der Waals surface area contributed by atoms with Crippen molar-refractivity contribution < 1.29 is 28.5 Å². The number of fused-ring (bicyclic) bond motifs is 1. The average molecular weight is 535 g/mol. The van der Waals surface area contributed by atoms with Crippen LogP contribution in [0.2, 0.25) is 5.02 Å². The van der Waals surface area contributed by atoms with E-state index in [-0.39, 0.29) is 23.8 Å². The van der Waals surface area contributed by atoms with Crippen molar-refractivity contribution in [2.45, 2.75) is 26.7 Å². The van der Waals surface area contributed by atoms with Crippen LogP contribution in [0.3, 0.4) is 0 Å². The molecule has 0 aliphatic carbocycles. The van der Waals surface area contributed by atoms with Gasteiger partial charge in [-0.1, -0.05) is 23.7 Å². The summed E-state index contributed by atoms with van der Waals surface area (Å²) in [6.45, 7) is 6.26. The molecule has 3 aromatic rings. The Morgan fingerprint density at radius 3 is 2.45 bits per heavy atom. The first-order valence-electron chi connectivity index (χ1n) is 12.0. The van der Waals surface area contributed by atoms with E-state index in [0.29, 0.717) is 46.8 Å². The molecule has 8 nitrogen and oxygen atoms in total. The van der Waals surface area contributed by atoms with Crippen molar-refractivity contribution in [2.75, 3.05) is 19.8 Å². The van der Waals surface area contributed by atoms with Crippen molar-refractivity contribution in [1.82, 2.24) is 0 Å². The van der Waals surface area contributed by atoms with Gasteiger partial charge in [0.1, 0.15) is 28.9 Å². The van der Waals surface area contributed by atoms with E-state index in [9.17, 15) is 10.1 Å². The number of esters is 1. The fourth-order valence-corrected chi connectivity index (χ4v) is 4.22. The molecule has 2 N–H and O–H groups in total. The molecule has 3 aromatic carbocycles. The molecule has 1 unspecified atom stereocenters. The van der Waals surface area contributed by atoms with Crippen molar-refractivity contribution in [3.63, 3.8) is 0 Å². The van der Waals surface area contributed by atoms with Crippen LogP contribution in [0.1, 0.15) is 36.5 Å². The number of nitrogens with two attached hydrogens (primary N) is 1. The average Bonchev–Trinajstić information content (AvgIpc) is 2.90. The fourth-order valence-electron chi connectivity index (χ4n) is 4.10. The summed E-state index contributed by atoms with van der Waals surface area (Å²) < 4.78 is 28.2. The summed E-state index contributed by atoms with van der Waals surface area (Å²) >= 11 is 6.03. The van der Waals surface area contributed by atoms with Gasteiger partial charge in [0.15, 0.2) is 18.1 Å². The maximum atomic E-state index is 12.4. The molecule has 0 saturated heterocycles. The molecule has 1 aliphatic heterocycles. The molecule has 0 amide bonds. The van der Waals surface area contributed by atoms with Crippen molar-refractivity contribution in [1.29, 1.82) is 5.26 Å². The topological polar surface area (TPSA) is 113 Å². The lowest BCUT2D eigenvalue weighted by molar-refractivity contribution is -0.136. The van der Waals surface area contributed by atoms with Crippen LogP contribution in [0.5, 0.6) is 28.7 Å². The Balaban J connectivity index is 1.57. The maximum absolute atomic E-state index is 12.4. The number of carbonyl (C=O) groups excluding carboxylic acids is 1. The van der Waals surface area contributed by atoms with Crippen LogP contribution in [0.4, 0.5) is 0 Å². The van der Waals surface area contributed by atoms with Gasteiger partial charge in [-0.05, 0) is 68.3 Å². The van der Waals surface area contributed by atoms with Gasteiger partial charge in [0.2, 0.25) is 5.88 Å². The van der Waals surface area contributed by atoms with Gasteiger partial charge < -0.3 is 29.4 Å². The second-order valence-corrected chi connectivity index (χ2v) is 8.78. The minimum absolute atomic E-state index is 0.0261. The highest BCUT2D eigenvalue weighted by Gasteiger charge is 2.32. The van der Waals surface area contributed by atoms with Crippen molar-refractivity contribution in [3.8, 4) is 34.8 Å². The summed E-state index contributed by atoms with van der Waals surface area (Å²) in [5.74, 6) is 1.16. The number of aryl methyl sites for hydroxylation is 1. The molecule has 0 spiro atoms. The molecule has 38 heavy (non-hydrogen) atoms. The zero-order valence-electron chi connectivity index (χ0n) is 21.2. The largest absolute Gasteiger partial charge is 0.490 e. The van der Waals surface area contributed by atoms with Gasteiger partial charge in [-0.25, -0.2) is 4.79 Å². The number of rotatable bonds is 9. The fraction of sp³-hybridized carbons (Fsp3) is 0.241. The van der Waals surface area contributed by atoms with E-state index in [1.807, 2.05) is 39.0 Å². The maximum Gasteiger partial charge on any atom is 0.349 e. The third kappa shape index (κ3) is 5.79. The molecule has 0 saturated carbocycles. The Hall–Kier alpha value is -4.35. The summed E-state index contributed by atoms with van der Waals surface area (Å²) in [5.41, 5.74) is 8.70. The highest BCUT2D eigenvalue weighted by Crippen LogP contribution is 2.45. The number of carbonyl (C=O) groups is 1. The van der Waals surface area contributed by atoms with Gasteiger partial charge in [-0.3, -0.25) is 0 Å². The Bertz CT molecular complexity index is 1430. The molecule has 1 aliphatic rings. The van der Waals surface area contributed by atoms with Gasteiger partial charge in [0.05, 0.1) is 19.1 Å². The molecule has 0 aromatic heterocycles. The second-order valence-electron chi connectivity index (χ2n) is 8.37. The monoisotopic (exact) mass is 534 g/mol. The normalized spacial score (nSPS) is 14.1. The van der Waals surface area contributed by atoms with Crippen LogP contribution in [0.15, 0.2) is 66.1 Å². The predicted molar refractivity (Wildman–Crippen MR) is 142 cm³/mol. The lowest BCUT2D eigenvalue weighted by Gasteiger charge is -2.27. The quantitative estimate of drug-likeness (QED) is 0.277. The number of nitriles is 1. The number of hydrogen-bond donors (Lipinski definition) is 1. The summed E-state index contributed by atoms with van der Waals surface area (Å²) in [4.78, 5) is 12.4. The van der Waals surface area contributed by atoms with E-state index in [0.717, 1.165) is 11.1 Å². The SMILES string of the molecule is CCOc1ccc(C2C(C#N)=C(N)Oc3cc(OC(=O)COc4ccc(Cl)c(C)c4)ccc32)cc1OCC. The standard InChI is InChI=1S/C29H27ClN2O6/c1-4-34-24-11-6-18(13-26(24)35-5-2)28-21-9-7-20(14-25(21)38-29(32)22(28)15-31)37-27(33)16-36-19-8-10-23(30)17(3)12-19/h6-14,28H,4-5,16,32H2,1-3H3. The van der Waals surface area contributed by atoms with Gasteiger partial charge in [-0.15, -0.1) is 0 Å². The Morgan fingerprint density at radius 1 is 1.00 bits per heavy atom. The summed E-state index contributed by atoms with van der Waals surface area (Å²) in [7, 11) is 0. The molecule has 4 rings (SSSR count). The summed E-state index contributed by atoms with van der Waals surface area (Å²) in [5, 5.41) is 10.5. The zero-order valence-corrected chi connectivity index (χ0v) is 22.0. The number of benzene rings is 3. The molecule has 0 radical (unpaired) electrons. The number of halogens is 1. The van der Waals surface area contributed by atoms with Crippen LogP contribution in [-0.4, -0.2) is 25.8 Å². The number of nitrogens with zero attached hydrogens (tertiary/aromatic N) is 1. The molecule has 1 atom stereocenters. The Labute approximate surface area is 226 Å². The smallest absolute Gasteiger partial charge is 0.349 e. The zero-order chi connectivity index (χ0) is 27.2. The highest BCUT2D eigenvalue weighted by molar-refractivity contribution is 6.31. The first-order chi connectivity index (χ1) is 18.3. The first kappa shape index (κ1) is 26.7. The van der Waals surface area contributed by atoms with Crippen LogP contribution in [0.25, 0.3) is 0 Å². The second kappa shape index (κ2) is 11.8.